The molecule has 114 valence electrons. The average molecular weight is 329 g/mol. The number of halogens is 1. The van der Waals surface area contributed by atoms with E-state index in [2.05, 4.69) is 4.72 Å². The highest BCUT2D eigenvalue weighted by Crippen LogP contribution is 2.21. The molecule has 1 aromatic heterocycles. The predicted octanol–water partition coefficient (Wildman–Crippen LogP) is 2.47. The van der Waals surface area contributed by atoms with E-state index in [9.17, 15) is 12.8 Å². The van der Waals surface area contributed by atoms with Gasteiger partial charge in [-0.25, -0.2) is 17.5 Å². The molecule has 2 aromatic rings. The van der Waals surface area contributed by atoms with Crippen LogP contribution in [0.1, 0.15) is 20.9 Å². The molecule has 0 spiro atoms. The minimum absolute atomic E-state index is 0.0410. The van der Waals surface area contributed by atoms with Gasteiger partial charge >= 0.3 is 0 Å². The van der Waals surface area contributed by atoms with Crippen molar-refractivity contribution in [3.05, 3.63) is 51.0 Å². The standard InChI is InChI=1S/C14H16FNO3S2/c1-9-5-12(20-10(9)2)7-16-21(18,19)13-3-4-14(15)11(6-13)8-17/h3-6,16-17H,7-8H2,1-2H3. The van der Waals surface area contributed by atoms with Gasteiger partial charge in [-0.2, -0.15) is 0 Å². The zero-order chi connectivity index (χ0) is 15.6. The Kier molecular flexibility index (Phi) is 4.77. The van der Waals surface area contributed by atoms with Crippen LogP contribution in [0.15, 0.2) is 29.2 Å². The Morgan fingerprint density at radius 2 is 2.00 bits per heavy atom. The number of aryl methyl sites for hydroxylation is 2. The summed E-state index contributed by atoms with van der Waals surface area (Å²) in [6.07, 6.45) is 0. The Morgan fingerprint density at radius 1 is 1.29 bits per heavy atom. The van der Waals surface area contributed by atoms with Gasteiger partial charge in [-0.05, 0) is 43.7 Å². The van der Waals surface area contributed by atoms with Crippen molar-refractivity contribution >= 4 is 21.4 Å². The van der Waals surface area contributed by atoms with Gasteiger partial charge < -0.3 is 5.11 Å². The Labute approximate surface area is 127 Å². The van der Waals surface area contributed by atoms with Crippen LogP contribution >= 0.6 is 11.3 Å². The highest BCUT2D eigenvalue weighted by Gasteiger charge is 2.16. The van der Waals surface area contributed by atoms with Gasteiger partial charge in [0.05, 0.1) is 11.5 Å². The lowest BCUT2D eigenvalue weighted by molar-refractivity contribution is 0.275. The summed E-state index contributed by atoms with van der Waals surface area (Å²) in [5.74, 6) is -0.624. The maximum Gasteiger partial charge on any atom is 0.240 e. The lowest BCUT2D eigenvalue weighted by Crippen LogP contribution is -2.23. The van der Waals surface area contributed by atoms with Crippen molar-refractivity contribution in [1.29, 1.82) is 0 Å². The molecule has 1 heterocycles. The molecular weight excluding hydrogens is 313 g/mol. The van der Waals surface area contributed by atoms with Crippen molar-refractivity contribution in [2.45, 2.75) is 31.9 Å². The molecule has 0 amide bonds. The molecule has 0 fully saturated rings. The third kappa shape index (κ3) is 3.68. The molecule has 2 rings (SSSR count). The summed E-state index contributed by atoms with van der Waals surface area (Å²) in [4.78, 5) is 2.00. The lowest BCUT2D eigenvalue weighted by Gasteiger charge is -2.07. The average Bonchev–Trinajstić information content (AvgIpc) is 2.76. The van der Waals surface area contributed by atoms with Gasteiger partial charge in [-0.1, -0.05) is 0 Å². The van der Waals surface area contributed by atoms with Gasteiger partial charge in [0.2, 0.25) is 10.0 Å². The van der Waals surface area contributed by atoms with Crippen LogP contribution in [-0.2, 0) is 23.2 Å². The largest absolute Gasteiger partial charge is 0.392 e. The van der Waals surface area contributed by atoms with Crippen LogP contribution in [0, 0.1) is 19.7 Å². The highest BCUT2D eigenvalue weighted by atomic mass is 32.2. The monoisotopic (exact) mass is 329 g/mol. The molecular formula is C14H16FNO3S2. The normalized spacial score (nSPS) is 11.8. The Hall–Kier alpha value is -1.28. The van der Waals surface area contributed by atoms with E-state index in [1.165, 1.54) is 17.4 Å². The van der Waals surface area contributed by atoms with E-state index < -0.39 is 22.4 Å². The van der Waals surface area contributed by atoms with Crippen molar-refractivity contribution in [2.24, 2.45) is 0 Å². The van der Waals surface area contributed by atoms with E-state index in [0.29, 0.717) is 0 Å². The van der Waals surface area contributed by atoms with E-state index >= 15 is 0 Å². The molecule has 1 aromatic carbocycles. The van der Waals surface area contributed by atoms with Gasteiger partial charge in [0.15, 0.2) is 0 Å². The second-order valence-corrected chi connectivity index (χ2v) is 7.80. The summed E-state index contributed by atoms with van der Waals surface area (Å²) < 4.78 is 40.1. The SMILES string of the molecule is Cc1cc(CNS(=O)(=O)c2ccc(F)c(CO)c2)sc1C. The topological polar surface area (TPSA) is 66.4 Å². The zero-order valence-corrected chi connectivity index (χ0v) is 13.3. The van der Waals surface area contributed by atoms with Gasteiger partial charge in [0, 0.05) is 21.9 Å². The van der Waals surface area contributed by atoms with Crippen molar-refractivity contribution in [3.8, 4) is 0 Å². The molecule has 0 aliphatic heterocycles. The lowest BCUT2D eigenvalue weighted by atomic mass is 10.2. The number of benzene rings is 1. The van der Waals surface area contributed by atoms with Crippen LogP contribution in [0.4, 0.5) is 4.39 Å². The number of hydrogen-bond donors (Lipinski definition) is 2. The van der Waals surface area contributed by atoms with Crippen LogP contribution in [-0.4, -0.2) is 13.5 Å². The predicted molar refractivity (Wildman–Crippen MR) is 80.1 cm³/mol. The number of hydrogen-bond acceptors (Lipinski definition) is 4. The Bertz CT molecular complexity index is 734. The van der Waals surface area contributed by atoms with Crippen LogP contribution in [0.3, 0.4) is 0 Å². The van der Waals surface area contributed by atoms with Crippen molar-refractivity contribution in [1.82, 2.24) is 4.72 Å². The zero-order valence-electron chi connectivity index (χ0n) is 11.7. The number of rotatable bonds is 5. The van der Waals surface area contributed by atoms with Gasteiger partial charge in [0.25, 0.3) is 0 Å². The quantitative estimate of drug-likeness (QED) is 0.885. The van der Waals surface area contributed by atoms with E-state index in [1.807, 2.05) is 19.9 Å². The van der Waals surface area contributed by atoms with E-state index in [1.54, 1.807) is 0 Å². The third-order valence-electron chi connectivity index (χ3n) is 3.15. The van der Waals surface area contributed by atoms with Crippen molar-refractivity contribution < 1.29 is 17.9 Å². The first-order valence-corrected chi connectivity index (χ1v) is 8.58. The molecule has 21 heavy (non-hydrogen) atoms. The first kappa shape index (κ1) is 16.1. The maximum atomic E-state index is 13.3. The molecule has 0 radical (unpaired) electrons. The molecule has 2 N–H and O–H groups in total. The fraction of sp³-hybridized carbons (Fsp3) is 0.286. The molecule has 0 saturated carbocycles. The molecule has 0 atom stereocenters. The second-order valence-electron chi connectivity index (χ2n) is 4.69. The van der Waals surface area contributed by atoms with Gasteiger partial charge in [0.1, 0.15) is 5.82 Å². The molecule has 0 aliphatic rings. The minimum atomic E-state index is -3.73. The Balaban J connectivity index is 2.18. The first-order chi connectivity index (χ1) is 9.83. The summed E-state index contributed by atoms with van der Waals surface area (Å²) in [7, 11) is -3.73. The molecule has 7 heteroatoms. The summed E-state index contributed by atoms with van der Waals surface area (Å²) >= 11 is 1.53. The van der Waals surface area contributed by atoms with E-state index in [0.717, 1.165) is 27.5 Å². The van der Waals surface area contributed by atoms with Crippen LogP contribution in [0.5, 0.6) is 0 Å². The number of aliphatic hydroxyl groups is 1. The van der Waals surface area contributed by atoms with Crippen LogP contribution in [0.2, 0.25) is 0 Å². The van der Waals surface area contributed by atoms with E-state index in [4.69, 9.17) is 5.11 Å². The number of nitrogens with one attached hydrogen (secondary N) is 1. The van der Waals surface area contributed by atoms with Crippen LogP contribution < -0.4 is 4.72 Å². The summed E-state index contributed by atoms with van der Waals surface area (Å²) in [5, 5.41) is 9.00. The molecule has 0 unspecified atom stereocenters. The molecule has 0 saturated heterocycles. The smallest absolute Gasteiger partial charge is 0.240 e. The fourth-order valence-corrected chi connectivity index (χ4v) is 3.97. The second kappa shape index (κ2) is 6.23. The highest BCUT2D eigenvalue weighted by molar-refractivity contribution is 7.89. The van der Waals surface area contributed by atoms with Crippen LogP contribution in [0.25, 0.3) is 0 Å². The Morgan fingerprint density at radius 3 is 2.57 bits per heavy atom. The number of aliphatic hydroxyl groups excluding tert-OH is 1. The summed E-state index contributed by atoms with van der Waals surface area (Å²) in [6, 6.07) is 5.30. The van der Waals surface area contributed by atoms with Gasteiger partial charge in [-0.3, -0.25) is 0 Å². The molecule has 0 bridgehead atoms. The van der Waals surface area contributed by atoms with Crippen molar-refractivity contribution in [3.63, 3.8) is 0 Å². The van der Waals surface area contributed by atoms with Gasteiger partial charge in [-0.15, -0.1) is 11.3 Å². The van der Waals surface area contributed by atoms with Crippen molar-refractivity contribution in [2.75, 3.05) is 0 Å². The first-order valence-electron chi connectivity index (χ1n) is 6.28. The maximum absolute atomic E-state index is 13.3. The van der Waals surface area contributed by atoms with E-state index in [-0.39, 0.29) is 17.0 Å². The minimum Gasteiger partial charge on any atom is -0.392 e. The summed E-state index contributed by atoms with van der Waals surface area (Å²) in [6.45, 7) is 3.59. The summed E-state index contributed by atoms with van der Waals surface area (Å²) in [5.41, 5.74) is 1.08. The number of thiophene rings is 1. The number of sulfonamides is 1. The fourth-order valence-electron chi connectivity index (χ4n) is 1.83. The molecule has 4 nitrogen and oxygen atoms in total. The molecule has 0 aliphatic carbocycles. The third-order valence-corrected chi connectivity index (χ3v) is 5.70.